The van der Waals surface area contributed by atoms with Crippen LogP contribution in [0.3, 0.4) is 0 Å². The summed E-state index contributed by atoms with van der Waals surface area (Å²) in [7, 11) is 0. The molecule has 1 aromatic carbocycles. The Morgan fingerprint density at radius 2 is 1.77 bits per heavy atom. The number of aromatic nitrogens is 4. The van der Waals surface area contributed by atoms with Crippen LogP contribution in [0, 0.1) is 18.6 Å². The first-order chi connectivity index (χ1) is 13.6. The topological polar surface area (TPSA) is 66.1 Å². The van der Waals surface area contributed by atoms with Crippen LogP contribution in [0.1, 0.15) is 11.4 Å². The van der Waals surface area contributed by atoms with Gasteiger partial charge in [-0.3, -0.25) is 4.98 Å². The Labute approximate surface area is 209 Å². The van der Waals surface area contributed by atoms with Crippen molar-refractivity contribution in [3.8, 4) is 28.3 Å². The van der Waals surface area contributed by atoms with Crippen LogP contribution in [0.2, 0.25) is 0 Å². The number of pyridine rings is 1. The van der Waals surface area contributed by atoms with Crippen LogP contribution in [-0.2, 0) is 6.18 Å². The van der Waals surface area contributed by atoms with Crippen LogP contribution in [0.25, 0.3) is 28.0 Å². The first kappa shape index (κ1) is 22.8. The molecule has 0 atom stereocenters. The predicted molar refractivity (Wildman–Crippen MR) is 90.8 cm³/mol. The summed E-state index contributed by atoms with van der Waals surface area (Å²) in [6.45, 7) is 1.53. The molecule has 0 radical (unpaired) electrons. The monoisotopic (exact) mass is 444 g/mol. The van der Waals surface area contributed by atoms with E-state index < -0.39 is 29.4 Å². The van der Waals surface area contributed by atoms with E-state index in [1.165, 1.54) is 13.0 Å². The van der Waals surface area contributed by atoms with Gasteiger partial charge in [0, 0.05) is 23.4 Å². The van der Waals surface area contributed by atoms with Gasteiger partial charge in [-0.25, -0.2) is 18.3 Å². The molecule has 30 heavy (non-hydrogen) atoms. The number of nitrogens with zero attached hydrogens (tertiary/aromatic N) is 4. The molecule has 0 aliphatic carbocycles. The van der Waals surface area contributed by atoms with Crippen LogP contribution in [0.5, 0.6) is 5.88 Å². The van der Waals surface area contributed by atoms with Crippen LogP contribution in [0.4, 0.5) is 22.0 Å². The fourth-order valence-corrected chi connectivity index (χ4v) is 2.96. The van der Waals surface area contributed by atoms with Crippen LogP contribution < -0.4 is 56.5 Å². The summed E-state index contributed by atoms with van der Waals surface area (Å²) in [6.07, 6.45) is -3.65. The Hall–Kier alpha value is -1.92. The molecule has 0 unspecified atom stereocenters. The molecule has 0 N–H and O–H groups in total. The fraction of sp³-hybridized carbons (Fsp3) is 0.105. The molecule has 0 saturated carbocycles. The summed E-state index contributed by atoms with van der Waals surface area (Å²) in [6, 6.07) is 5.95. The number of hydrogen-bond acceptors (Lipinski definition) is 4. The molecule has 0 bridgehead atoms. The average molecular weight is 444 g/mol. The number of aryl methyl sites for hydroxylation is 1. The summed E-state index contributed by atoms with van der Waals surface area (Å²) in [5.74, 6) is -2.24. The molecule has 5 nitrogen and oxygen atoms in total. The standard InChI is InChI=1S/C19H11F5N4O.K/c1-9-17(12-4-3-11(20)6-13(12)21)18-26-14(7-16(29)28(18)27-9)10-2-5-15(25-8-10)19(22,23)24;/h2-8,29H,1H3;/q;+1/p-1. The van der Waals surface area contributed by atoms with Crippen molar-refractivity contribution in [1.29, 1.82) is 0 Å². The van der Waals surface area contributed by atoms with Crippen molar-refractivity contribution < 1.29 is 78.4 Å². The molecule has 4 aromatic rings. The summed E-state index contributed by atoms with van der Waals surface area (Å²) >= 11 is 0. The van der Waals surface area contributed by atoms with Crippen LogP contribution in [0.15, 0.2) is 42.6 Å². The fourth-order valence-electron chi connectivity index (χ4n) is 2.96. The van der Waals surface area contributed by atoms with E-state index in [-0.39, 0.29) is 85.1 Å². The molecule has 0 spiro atoms. The first-order valence-electron chi connectivity index (χ1n) is 8.21. The normalized spacial score (nSPS) is 11.5. The Kier molecular flexibility index (Phi) is 6.30. The van der Waals surface area contributed by atoms with Crippen molar-refractivity contribution in [3.63, 3.8) is 0 Å². The zero-order valence-corrected chi connectivity index (χ0v) is 18.8. The summed E-state index contributed by atoms with van der Waals surface area (Å²) in [5, 5.41) is 16.5. The molecule has 4 rings (SSSR count). The van der Waals surface area contributed by atoms with E-state index in [1.54, 1.807) is 0 Å². The second kappa shape index (κ2) is 8.31. The zero-order chi connectivity index (χ0) is 20.9. The second-order valence-electron chi connectivity index (χ2n) is 6.23. The summed E-state index contributed by atoms with van der Waals surface area (Å²) in [4.78, 5) is 7.63. The van der Waals surface area contributed by atoms with Crippen molar-refractivity contribution in [2.45, 2.75) is 13.1 Å². The largest absolute Gasteiger partial charge is 1.00 e. The number of fused-ring (bicyclic) bond motifs is 1. The quantitative estimate of drug-likeness (QED) is 0.344. The van der Waals surface area contributed by atoms with Gasteiger partial charge in [-0.15, -0.1) is 0 Å². The van der Waals surface area contributed by atoms with Gasteiger partial charge in [0.15, 0.2) is 5.65 Å². The Morgan fingerprint density at radius 1 is 1.03 bits per heavy atom. The van der Waals surface area contributed by atoms with Gasteiger partial charge in [0.05, 0.1) is 17.0 Å². The van der Waals surface area contributed by atoms with Gasteiger partial charge in [0.1, 0.15) is 17.3 Å². The van der Waals surface area contributed by atoms with Crippen molar-refractivity contribution in [3.05, 3.63) is 65.6 Å². The molecular weight excluding hydrogens is 434 g/mol. The average Bonchev–Trinajstić information content (AvgIpc) is 2.98. The molecule has 0 amide bonds. The second-order valence-corrected chi connectivity index (χ2v) is 6.23. The predicted octanol–water partition coefficient (Wildman–Crippen LogP) is 1.14. The minimum absolute atomic E-state index is 0. The van der Waals surface area contributed by atoms with Crippen molar-refractivity contribution >= 4 is 5.65 Å². The van der Waals surface area contributed by atoms with Gasteiger partial charge >= 0.3 is 57.6 Å². The Morgan fingerprint density at radius 3 is 2.37 bits per heavy atom. The maximum atomic E-state index is 14.3. The molecule has 0 aliphatic rings. The van der Waals surface area contributed by atoms with Gasteiger partial charge in [0.25, 0.3) is 0 Å². The van der Waals surface area contributed by atoms with E-state index in [0.717, 1.165) is 35.0 Å². The molecule has 3 heterocycles. The van der Waals surface area contributed by atoms with Gasteiger partial charge in [-0.05, 0) is 43.1 Å². The molecule has 0 aliphatic heterocycles. The number of hydrogen-bond donors (Lipinski definition) is 0. The van der Waals surface area contributed by atoms with E-state index in [1.807, 2.05) is 0 Å². The Balaban J connectivity index is 0.00000256. The third-order valence-electron chi connectivity index (χ3n) is 4.28. The minimum Gasteiger partial charge on any atom is -0.858 e. The van der Waals surface area contributed by atoms with Gasteiger partial charge in [-0.2, -0.15) is 18.3 Å². The van der Waals surface area contributed by atoms with Crippen molar-refractivity contribution in [1.82, 2.24) is 19.6 Å². The van der Waals surface area contributed by atoms with E-state index in [4.69, 9.17) is 0 Å². The molecule has 0 fully saturated rings. The van der Waals surface area contributed by atoms with E-state index in [0.29, 0.717) is 6.07 Å². The van der Waals surface area contributed by atoms with E-state index in [2.05, 4.69) is 15.1 Å². The molecule has 148 valence electrons. The maximum absolute atomic E-state index is 14.3. The smallest absolute Gasteiger partial charge is 0.858 e. The van der Waals surface area contributed by atoms with Gasteiger partial charge < -0.3 is 5.11 Å². The van der Waals surface area contributed by atoms with Crippen molar-refractivity contribution in [2.24, 2.45) is 0 Å². The van der Waals surface area contributed by atoms with Gasteiger partial charge in [0.2, 0.25) is 0 Å². The molecule has 11 heteroatoms. The van der Waals surface area contributed by atoms with E-state index in [9.17, 15) is 27.1 Å². The number of halogens is 5. The van der Waals surface area contributed by atoms with Gasteiger partial charge in [-0.1, -0.05) is 0 Å². The molecule has 0 saturated heterocycles. The van der Waals surface area contributed by atoms with Crippen molar-refractivity contribution in [2.75, 3.05) is 0 Å². The number of benzene rings is 1. The zero-order valence-electron chi connectivity index (χ0n) is 15.6. The first-order valence-corrected chi connectivity index (χ1v) is 8.21. The van der Waals surface area contributed by atoms with Crippen LogP contribution >= 0.6 is 0 Å². The Bertz CT molecular complexity index is 1240. The SMILES string of the molecule is Cc1nn2c([O-])cc(-c3ccc(C(F)(F)F)nc3)nc2c1-c1ccc(F)cc1F.[K+]. The summed E-state index contributed by atoms with van der Waals surface area (Å²) < 4.78 is 66.6. The third-order valence-corrected chi connectivity index (χ3v) is 4.28. The number of rotatable bonds is 2. The molecule has 3 aromatic heterocycles. The molecular formula is C19H10F5KN4O. The number of alkyl halides is 3. The minimum atomic E-state index is -4.60. The third kappa shape index (κ3) is 4.12. The maximum Gasteiger partial charge on any atom is 1.00 e. The van der Waals surface area contributed by atoms with Crippen LogP contribution in [-0.4, -0.2) is 19.6 Å². The summed E-state index contributed by atoms with van der Waals surface area (Å²) in [5.41, 5.74) is -0.415. The van der Waals surface area contributed by atoms with E-state index >= 15 is 0 Å².